The zero-order valence-corrected chi connectivity index (χ0v) is 20.6. The van der Waals surface area contributed by atoms with Crippen molar-refractivity contribution in [2.24, 2.45) is 11.3 Å². The lowest BCUT2D eigenvalue weighted by Gasteiger charge is -2.40. The highest BCUT2D eigenvalue weighted by atomic mass is 16.5. The van der Waals surface area contributed by atoms with Crippen LogP contribution in [-0.4, -0.2) is 35.1 Å². The molecule has 0 unspecified atom stereocenters. The number of anilines is 2. The number of rotatable bonds is 6. The van der Waals surface area contributed by atoms with Gasteiger partial charge in [-0.05, 0) is 73.1 Å². The summed E-state index contributed by atoms with van der Waals surface area (Å²) in [7, 11) is 1.28. The van der Waals surface area contributed by atoms with Crippen molar-refractivity contribution in [1.29, 1.82) is 5.26 Å². The lowest BCUT2D eigenvalue weighted by molar-refractivity contribution is -0.139. The largest absolute Gasteiger partial charge is 0.468 e. The normalized spacial score (nSPS) is 19.1. The van der Waals surface area contributed by atoms with E-state index < -0.39 is 5.97 Å². The number of aromatic nitrogens is 2. The van der Waals surface area contributed by atoms with E-state index in [1.54, 1.807) is 24.3 Å². The quantitative estimate of drug-likeness (QED) is 0.491. The fourth-order valence-corrected chi connectivity index (χ4v) is 5.27. The maximum absolute atomic E-state index is 12.6. The van der Waals surface area contributed by atoms with E-state index in [1.165, 1.54) is 13.5 Å². The Hall–Kier alpha value is -3.86. The molecule has 1 amide bonds. The maximum atomic E-state index is 12.6. The predicted octanol–water partition coefficient (Wildman–Crippen LogP) is 4.94. The van der Waals surface area contributed by atoms with Crippen molar-refractivity contribution in [3.63, 3.8) is 0 Å². The van der Waals surface area contributed by atoms with Crippen molar-refractivity contribution in [3.05, 3.63) is 53.6 Å². The van der Waals surface area contributed by atoms with Crippen LogP contribution in [0.25, 0.3) is 11.0 Å². The molecule has 8 nitrogen and oxygen atoms in total. The predicted molar refractivity (Wildman–Crippen MR) is 134 cm³/mol. The van der Waals surface area contributed by atoms with Crippen molar-refractivity contribution < 1.29 is 14.3 Å². The highest BCUT2D eigenvalue weighted by molar-refractivity contribution is 5.99. The van der Waals surface area contributed by atoms with Gasteiger partial charge in [-0.1, -0.05) is 20.8 Å². The van der Waals surface area contributed by atoms with Gasteiger partial charge in [-0.3, -0.25) is 9.59 Å². The van der Waals surface area contributed by atoms with Crippen molar-refractivity contribution >= 4 is 34.5 Å². The number of fused-ring (bicyclic) bond motifs is 1. The molecule has 0 saturated heterocycles. The summed E-state index contributed by atoms with van der Waals surface area (Å²) in [5.41, 5.74) is 3.70. The molecule has 8 heteroatoms. The van der Waals surface area contributed by atoms with E-state index in [9.17, 15) is 9.59 Å². The topological polar surface area (TPSA) is 109 Å². The van der Waals surface area contributed by atoms with E-state index in [0.29, 0.717) is 28.5 Å². The van der Waals surface area contributed by atoms with E-state index in [-0.39, 0.29) is 23.9 Å². The third-order valence-electron chi connectivity index (χ3n) is 6.57. The number of nitrogens with zero attached hydrogens (tertiary/aromatic N) is 3. The minimum atomic E-state index is -0.508. The summed E-state index contributed by atoms with van der Waals surface area (Å²) in [5, 5.41) is 15.1. The van der Waals surface area contributed by atoms with Gasteiger partial charge in [0.15, 0.2) is 0 Å². The molecule has 0 bridgehead atoms. The SMILES string of the molecule is COC(=O)CNC(=O)c1ccc2c(c1)nc(Nc1ccc(C#N)cc1)n2[C@@H]1C[C@H](C)CC(C)(C)C1. The molecule has 1 saturated carbocycles. The lowest BCUT2D eigenvalue weighted by Crippen LogP contribution is -2.30. The van der Waals surface area contributed by atoms with Crippen LogP contribution in [0.4, 0.5) is 11.6 Å². The minimum absolute atomic E-state index is 0.192. The van der Waals surface area contributed by atoms with Crippen LogP contribution >= 0.6 is 0 Å². The molecule has 3 aromatic rings. The van der Waals surface area contributed by atoms with Crippen LogP contribution in [0, 0.1) is 22.7 Å². The number of benzene rings is 2. The van der Waals surface area contributed by atoms with Crippen molar-refractivity contribution in [3.8, 4) is 6.07 Å². The Kier molecular flexibility index (Phi) is 6.79. The monoisotopic (exact) mass is 473 g/mol. The molecule has 0 radical (unpaired) electrons. The smallest absolute Gasteiger partial charge is 0.325 e. The lowest BCUT2D eigenvalue weighted by atomic mass is 9.70. The first-order valence-corrected chi connectivity index (χ1v) is 11.8. The van der Waals surface area contributed by atoms with Crippen LogP contribution in [0.3, 0.4) is 0 Å². The fraction of sp³-hybridized carbons (Fsp3) is 0.407. The summed E-state index contributed by atoms with van der Waals surface area (Å²) < 4.78 is 6.85. The number of ether oxygens (including phenoxy) is 1. The molecule has 1 heterocycles. The molecule has 0 aliphatic heterocycles. The van der Waals surface area contributed by atoms with E-state index >= 15 is 0 Å². The Morgan fingerprint density at radius 1 is 1.20 bits per heavy atom. The Morgan fingerprint density at radius 2 is 1.94 bits per heavy atom. The van der Waals surface area contributed by atoms with Gasteiger partial charge in [0.2, 0.25) is 5.95 Å². The number of amides is 1. The van der Waals surface area contributed by atoms with Gasteiger partial charge in [0.05, 0.1) is 29.8 Å². The van der Waals surface area contributed by atoms with Gasteiger partial charge >= 0.3 is 5.97 Å². The number of esters is 1. The number of nitrogens with one attached hydrogen (secondary N) is 2. The Labute approximate surface area is 205 Å². The summed E-state index contributed by atoms with van der Waals surface area (Å²) in [6.07, 6.45) is 3.24. The van der Waals surface area contributed by atoms with Gasteiger partial charge in [-0.2, -0.15) is 5.26 Å². The average Bonchev–Trinajstić information content (AvgIpc) is 3.18. The molecule has 4 rings (SSSR count). The molecule has 35 heavy (non-hydrogen) atoms. The number of hydrogen-bond donors (Lipinski definition) is 2. The summed E-state index contributed by atoms with van der Waals surface area (Å²) >= 11 is 0. The van der Waals surface area contributed by atoms with E-state index in [0.717, 1.165) is 24.0 Å². The number of carbonyl (C=O) groups is 2. The number of methoxy groups -OCH3 is 1. The van der Waals surface area contributed by atoms with E-state index in [4.69, 9.17) is 10.2 Å². The summed E-state index contributed by atoms with van der Waals surface area (Å²) in [6.45, 7) is 6.73. The summed E-state index contributed by atoms with van der Waals surface area (Å²) in [4.78, 5) is 28.9. The first kappa shape index (κ1) is 24.3. The van der Waals surface area contributed by atoms with Crippen molar-refractivity contribution in [2.75, 3.05) is 19.0 Å². The Bertz CT molecular complexity index is 1290. The van der Waals surface area contributed by atoms with Crippen molar-refractivity contribution in [1.82, 2.24) is 14.9 Å². The molecule has 2 atom stereocenters. The molecule has 2 aromatic carbocycles. The van der Waals surface area contributed by atoms with Crippen molar-refractivity contribution in [2.45, 2.75) is 46.1 Å². The molecule has 0 spiro atoms. The number of hydrogen-bond acceptors (Lipinski definition) is 6. The third kappa shape index (κ3) is 5.46. The highest BCUT2D eigenvalue weighted by Gasteiger charge is 2.34. The molecule has 2 N–H and O–H groups in total. The highest BCUT2D eigenvalue weighted by Crippen LogP contribution is 2.46. The second kappa shape index (κ2) is 9.79. The van der Waals surface area contributed by atoms with Crippen LogP contribution in [0.1, 0.15) is 62.0 Å². The minimum Gasteiger partial charge on any atom is -0.468 e. The Balaban J connectivity index is 1.73. The van der Waals surface area contributed by atoms with Gasteiger partial charge < -0.3 is 19.9 Å². The molecule has 182 valence electrons. The van der Waals surface area contributed by atoms with Gasteiger partial charge in [0, 0.05) is 17.3 Å². The van der Waals surface area contributed by atoms with Crippen LogP contribution in [-0.2, 0) is 9.53 Å². The summed E-state index contributed by atoms with van der Waals surface area (Å²) in [5.74, 6) is 0.409. The van der Waals surface area contributed by atoms with Crippen LogP contribution in [0.15, 0.2) is 42.5 Å². The van der Waals surface area contributed by atoms with Crippen LogP contribution < -0.4 is 10.6 Å². The third-order valence-corrected chi connectivity index (χ3v) is 6.57. The van der Waals surface area contributed by atoms with E-state index in [1.807, 2.05) is 18.2 Å². The summed E-state index contributed by atoms with van der Waals surface area (Å²) in [6, 6.07) is 15.1. The molecule has 1 aromatic heterocycles. The Morgan fingerprint density at radius 3 is 2.60 bits per heavy atom. The van der Waals surface area contributed by atoms with Gasteiger partial charge in [-0.15, -0.1) is 0 Å². The van der Waals surface area contributed by atoms with Gasteiger partial charge in [-0.25, -0.2) is 4.98 Å². The first-order chi connectivity index (χ1) is 16.7. The number of nitriles is 1. The number of imidazole rings is 1. The second-order valence-corrected chi connectivity index (χ2v) is 10.1. The average molecular weight is 474 g/mol. The van der Waals surface area contributed by atoms with Gasteiger partial charge in [0.25, 0.3) is 5.91 Å². The zero-order valence-electron chi connectivity index (χ0n) is 20.6. The van der Waals surface area contributed by atoms with E-state index in [2.05, 4.69) is 46.8 Å². The molecule has 1 aliphatic carbocycles. The second-order valence-electron chi connectivity index (χ2n) is 10.1. The van der Waals surface area contributed by atoms with Gasteiger partial charge in [0.1, 0.15) is 6.54 Å². The molecular weight excluding hydrogens is 442 g/mol. The molecular formula is C27H31N5O3. The zero-order chi connectivity index (χ0) is 25.2. The maximum Gasteiger partial charge on any atom is 0.325 e. The van der Waals surface area contributed by atoms with Crippen LogP contribution in [0.5, 0.6) is 0 Å². The first-order valence-electron chi connectivity index (χ1n) is 11.8. The number of carbonyl (C=O) groups excluding carboxylic acids is 2. The fourth-order valence-electron chi connectivity index (χ4n) is 5.27. The molecule has 1 aliphatic rings. The standard InChI is InChI=1S/C27H31N5O3/c1-17-11-21(14-27(2,3)13-17)32-23-10-7-19(25(34)29-16-24(33)35-4)12-22(23)31-26(32)30-20-8-5-18(15-28)6-9-20/h5-10,12,17,21H,11,13-14,16H2,1-4H3,(H,29,34)(H,30,31)/t17-,21+/m0/s1. The van der Waals surface area contributed by atoms with Crippen LogP contribution in [0.2, 0.25) is 0 Å². The molecule has 1 fully saturated rings.